The summed E-state index contributed by atoms with van der Waals surface area (Å²) in [4.78, 5) is 0. The van der Waals surface area contributed by atoms with E-state index in [4.69, 9.17) is 16.0 Å². The van der Waals surface area contributed by atoms with Crippen molar-refractivity contribution in [3.05, 3.63) is 0 Å². The Morgan fingerprint density at radius 3 is 1.90 bits per heavy atom. The van der Waals surface area contributed by atoms with Gasteiger partial charge in [0.25, 0.3) is 8.53 Å². The average molecular weight is 159 g/mol. The molecule has 0 atom stereocenters. The molecule has 5 nitrogen and oxygen atoms in total. The second-order valence-corrected chi connectivity index (χ2v) is 2.24. The lowest BCUT2D eigenvalue weighted by Crippen LogP contribution is -1.98. The summed E-state index contributed by atoms with van der Waals surface area (Å²) in [5.74, 6) is 0. The lowest BCUT2D eigenvalue weighted by molar-refractivity contribution is 0.296. The van der Waals surface area contributed by atoms with Crippen LogP contribution in [0.1, 0.15) is 0 Å². The van der Waals surface area contributed by atoms with Gasteiger partial charge in [0.1, 0.15) is 13.2 Å². The molecule has 0 radical (unpaired) electrons. The summed E-state index contributed by atoms with van der Waals surface area (Å²) in [6.07, 6.45) is 0. The molecule has 0 aliphatic carbocycles. The van der Waals surface area contributed by atoms with Crippen LogP contribution in [0.5, 0.6) is 0 Å². The Kier molecular flexibility index (Phi) is 5.96. The minimum Gasteiger partial charge on any atom is -0.307 e. The highest BCUT2D eigenvalue weighted by Crippen LogP contribution is 2.26. The lowest BCUT2D eigenvalue weighted by Gasteiger charge is -2.05. The van der Waals surface area contributed by atoms with Crippen LogP contribution in [0.2, 0.25) is 0 Å². The smallest absolute Gasteiger partial charge is 0.254 e. The molecule has 54 valence electrons. The summed E-state index contributed by atoms with van der Waals surface area (Å²) in [6, 6.07) is 3.45. The molecular weight excluding hydrogens is 153 g/mol. The first-order valence-corrected chi connectivity index (χ1v) is 3.60. The maximum atomic E-state index is 8.00. The molecular formula is C4H6N3O2P. The first kappa shape index (κ1) is 9.29. The number of nitrogens with zero attached hydrogens (tertiary/aromatic N) is 2. The van der Waals surface area contributed by atoms with E-state index < -0.39 is 8.53 Å². The average Bonchev–Trinajstić information content (AvgIpc) is 1.97. The third-order valence-electron chi connectivity index (χ3n) is 0.513. The summed E-state index contributed by atoms with van der Waals surface area (Å²) >= 11 is 0. The highest BCUT2D eigenvalue weighted by molar-refractivity contribution is 7.44. The Labute approximate surface area is 59.9 Å². The van der Waals surface area contributed by atoms with Gasteiger partial charge in [-0.3, -0.25) is 5.50 Å². The molecule has 6 heteroatoms. The third kappa shape index (κ3) is 5.43. The highest BCUT2D eigenvalue weighted by Gasteiger charge is 2.01. The molecule has 0 aliphatic rings. The monoisotopic (exact) mass is 159 g/mol. The first-order chi connectivity index (χ1) is 4.81. The fourth-order valence-electron chi connectivity index (χ4n) is 0.222. The van der Waals surface area contributed by atoms with E-state index in [1.807, 2.05) is 0 Å². The summed E-state index contributed by atoms with van der Waals surface area (Å²) in [6.45, 7) is -0.207. The Morgan fingerprint density at radius 1 is 1.20 bits per heavy atom. The molecule has 0 amide bonds. The molecule has 0 spiro atoms. The maximum absolute atomic E-state index is 8.00. The van der Waals surface area contributed by atoms with Crippen molar-refractivity contribution < 1.29 is 9.05 Å². The molecule has 0 saturated heterocycles. The van der Waals surface area contributed by atoms with E-state index in [2.05, 4.69) is 9.05 Å². The summed E-state index contributed by atoms with van der Waals surface area (Å²) < 4.78 is 9.20. The highest BCUT2D eigenvalue weighted by atomic mass is 31.2. The van der Waals surface area contributed by atoms with E-state index in [9.17, 15) is 0 Å². The summed E-state index contributed by atoms with van der Waals surface area (Å²) in [5, 5.41) is 16.0. The fourth-order valence-corrected chi connectivity index (χ4v) is 0.667. The number of nitriles is 2. The Morgan fingerprint density at radius 2 is 1.60 bits per heavy atom. The van der Waals surface area contributed by atoms with Crippen molar-refractivity contribution in [3.63, 3.8) is 0 Å². The quantitative estimate of drug-likeness (QED) is 0.593. The lowest BCUT2D eigenvalue weighted by atomic mass is 10.9. The molecule has 2 N–H and O–H groups in total. The summed E-state index contributed by atoms with van der Waals surface area (Å²) in [7, 11) is -1.54. The van der Waals surface area contributed by atoms with Crippen molar-refractivity contribution in [2.75, 3.05) is 13.2 Å². The number of nitrogens with two attached hydrogens (primary N) is 1. The predicted octanol–water partition coefficient (Wildman–Crippen LogP) is 0.252. The maximum Gasteiger partial charge on any atom is 0.254 e. The van der Waals surface area contributed by atoms with Crippen LogP contribution < -0.4 is 5.50 Å². The molecule has 0 unspecified atom stereocenters. The SMILES string of the molecule is N#CCOP(N)OCC#N. The second-order valence-electron chi connectivity index (χ2n) is 1.15. The topological polar surface area (TPSA) is 92.1 Å². The van der Waals surface area contributed by atoms with E-state index in [0.717, 1.165) is 0 Å². The van der Waals surface area contributed by atoms with Crippen LogP contribution in [0.3, 0.4) is 0 Å². The van der Waals surface area contributed by atoms with Gasteiger partial charge in [-0.05, 0) is 0 Å². The predicted molar refractivity (Wildman–Crippen MR) is 34.2 cm³/mol. The van der Waals surface area contributed by atoms with Crippen LogP contribution in [0.25, 0.3) is 0 Å². The van der Waals surface area contributed by atoms with Gasteiger partial charge in [0, 0.05) is 0 Å². The van der Waals surface area contributed by atoms with Crippen molar-refractivity contribution >= 4 is 8.53 Å². The Balaban J connectivity index is 3.20. The Bertz CT molecular complexity index is 143. The van der Waals surface area contributed by atoms with Gasteiger partial charge in [-0.2, -0.15) is 10.5 Å². The molecule has 0 aromatic heterocycles. The van der Waals surface area contributed by atoms with Gasteiger partial charge < -0.3 is 9.05 Å². The molecule has 0 aromatic carbocycles. The van der Waals surface area contributed by atoms with Gasteiger partial charge in [0.15, 0.2) is 0 Å². The second kappa shape index (κ2) is 6.41. The summed E-state index contributed by atoms with van der Waals surface area (Å²) in [5.41, 5.74) is 5.16. The largest absolute Gasteiger partial charge is 0.307 e. The third-order valence-corrected chi connectivity index (χ3v) is 1.28. The normalized spacial score (nSPS) is 8.80. The molecule has 0 bridgehead atoms. The van der Waals surface area contributed by atoms with Crippen molar-refractivity contribution in [3.8, 4) is 12.1 Å². The minimum atomic E-state index is -1.54. The molecule has 10 heavy (non-hydrogen) atoms. The van der Waals surface area contributed by atoms with Crippen molar-refractivity contribution in [1.29, 1.82) is 10.5 Å². The van der Waals surface area contributed by atoms with E-state index in [-0.39, 0.29) is 13.2 Å². The fraction of sp³-hybridized carbons (Fsp3) is 0.500. The van der Waals surface area contributed by atoms with Gasteiger partial charge in [-0.1, -0.05) is 0 Å². The zero-order valence-electron chi connectivity index (χ0n) is 5.15. The van der Waals surface area contributed by atoms with Gasteiger partial charge in [-0.15, -0.1) is 0 Å². The molecule has 0 aliphatic heterocycles. The van der Waals surface area contributed by atoms with Gasteiger partial charge in [-0.25, -0.2) is 0 Å². The van der Waals surface area contributed by atoms with Crippen LogP contribution in [-0.2, 0) is 9.05 Å². The van der Waals surface area contributed by atoms with E-state index in [1.54, 1.807) is 12.1 Å². The number of hydrogen-bond acceptors (Lipinski definition) is 5. The molecule has 0 fully saturated rings. The van der Waals surface area contributed by atoms with Gasteiger partial charge >= 0.3 is 0 Å². The van der Waals surface area contributed by atoms with Crippen LogP contribution >= 0.6 is 8.53 Å². The van der Waals surface area contributed by atoms with Crippen LogP contribution in [0.4, 0.5) is 0 Å². The molecule has 0 saturated carbocycles. The minimum absolute atomic E-state index is 0.104. The van der Waals surface area contributed by atoms with Gasteiger partial charge in [0.05, 0.1) is 12.1 Å². The zero-order chi connectivity index (χ0) is 7.82. The number of rotatable bonds is 4. The van der Waals surface area contributed by atoms with E-state index in [0.29, 0.717) is 0 Å². The zero-order valence-corrected chi connectivity index (χ0v) is 6.04. The van der Waals surface area contributed by atoms with E-state index >= 15 is 0 Å². The van der Waals surface area contributed by atoms with E-state index in [1.165, 1.54) is 0 Å². The van der Waals surface area contributed by atoms with Crippen molar-refractivity contribution in [2.24, 2.45) is 5.50 Å². The standard InChI is InChI=1S/C4H6N3O2P/c5-1-3-8-10(7)9-4-2-6/h3-4,7H2. The Hall–Kier alpha value is -0.710. The van der Waals surface area contributed by atoms with Crippen LogP contribution in [0, 0.1) is 22.7 Å². The van der Waals surface area contributed by atoms with Crippen molar-refractivity contribution in [2.45, 2.75) is 0 Å². The molecule has 0 aromatic rings. The molecule has 0 heterocycles. The first-order valence-electron chi connectivity index (χ1n) is 2.36. The van der Waals surface area contributed by atoms with Gasteiger partial charge in [0.2, 0.25) is 0 Å². The van der Waals surface area contributed by atoms with Crippen molar-refractivity contribution in [1.82, 2.24) is 0 Å². The van der Waals surface area contributed by atoms with Crippen LogP contribution in [0.15, 0.2) is 0 Å². The number of hydrogen-bond donors (Lipinski definition) is 1. The molecule has 0 rings (SSSR count). The van der Waals surface area contributed by atoms with Crippen LogP contribution in [-0.4, -0.2) is 13.2 Å².